The molecule has 0 aliphatic carbocycles. The van der Waals surface area contributed by atoms with E-state index in [1.54, 1.807) is 13.1 Å². The van der Waals surface area contributed by atoms with Crippen LogP contribution in [0.2, 0.25) is 0 Å². The molecule has 0 saturated heterocycles. The number of nitrogens with one attached hydrogen (secondary N) is 1. The Morgan fingerprint density at radius 2 is 2.17 bits per heavy atom. The number of anilines is 1. The summed E-state index contributed by atoms with van der Waals surface area (Å²) in [5.41, 5.74) is 6.12. The van der Waals surface area contributed by atoms with Crippen molar-refractivity contribution in [3.8, 4) is 0 Å². The van der Waals surface area contributed by atoms with Crippen LogP contribution in [0.15, 0.2) is 11.2 Å². The largest absolute Gasteiger partial charge is 0.408 e. The van der Waals surface area contributed by atoms with Gasteiger partial charge in [-0.15, -0.1) is 0 Å². The van der Waals surface area contributed by atoms with Crippen molar-refractivity contribution in [2.24, 2.45) is 10.7 Å². The van der Waals surface area contributed by atoms with Crippen molar-refractivity contribution in [2.75, 3.05) is 11.9 Å². The van der Waals surface area contributed by atoms with E-state index in [-0.39, 0.29) is 5.96 Å². The third-order valence-electron chi connectivity index (χ3n) is 2.04. The van der Waals surface area contributed by atoms with Crippen LogP contribution < -0.4 is 11.1 Å². The maximum absolute atomic E-state index is 11.9. The van der Waals surface area contributed by atoms with Gasteiger partial charge >= 0.3 is 6.18 Å². The van der Waals surface area contributed by atoms with Gasteiger partial charge in [0.2, 0.25) is 0 Å². The van der Waals surface area contributed by atoms with Crippen LogP contribution in [0.1, 0.15) is 18.3 Å². The molecule has 1 aromatic rings. The second-order valence-electron chi connectivity index (χ2n) is 3.59. The van der Waals surface area contributed by atoms with Crippen LogP contribution in [0.25, 0.3) is 0 Å². The molecule has 0 aliphatic rings. The molecule has 0 aliphatic heterocycles. The minimum absolute atomic E-state index is 0.319. The van der Waals surface area contributed by atoms with E-state index < -0.39 is 12.7 Å². The van der Waals surface area contributed by atoms with Gasteiger partial charge < -0.3 is 11.1 Å². The summed E-state index contributed by atoms with van der Waals surface area (Å²) in [4.78, 5) is 11.2. The number of hydrogen-bond acceptors (Lipinski definition) is 3. The fourth-order valence-electron chi connectivity index (χ4n) is 1.20. The van der Waals surface area contributed by atoms with E-state index >= 15 is 0 Å². The predicted molar refractivity (Wildman–Crippen MR) is 62.3 cm³/mol. The third-order valence-corrected chi connectivity index (χ3v) is 2.04. The number of aromatic nitrogens is 2. The first-order valence-corrected chi connectivity index (χ1v) is 5.28. The summed E-state index contributed by atoms with van der Waals surface area (Å²) in [5.74, 6) is 0.562. The highest BCUT2D eigenvalue weighted by Crippen LogP contribution is 2.15. The van der Waals surface area contributed by atoms with Crippen LogP contribution in [0.3, 0.4) is 0 Å². The number of aliphatic imine (C=N–C) groups is 1. The van der Waals surface area contributed by atoms with E-state index in [4.69, 9.17) is 5.73 Å². The topological polar surface area (TPSA) is 76.2 Å². The van der Waals surface area contributed by atoms with Gasteiger partial charge in [-0.1, -0.05) is 6.92 Å². The average molecular weight is 261 g/mol. The molecule has 0 radical (unpaired) electrons. The highest BCUT2D eigenvalue weighted by molar-refractivity contribution is 5.91. The van der Waals surface area contributed by atoms with Gasteiger partial charge in [-0.3, -0.25) is 0 Å². The number of aryl methyl sites for hydroxylation is 2. The van der Waals surface area contributed by atoms with Crippen LogP contribution in [-0.4, -0.2) is 28.6 Å². The summed E-state index contributed by atoms with van der Waals surface area (Å²) in [5, 5.41) is 2.55. The van der Waals surface area contributed by atoms with Crippen LogP contribution in [0, 0.1) is 6.92 Å². The van der Waals surface area contributed by atoms with Gasteiger partial charge in [-0.05, 0) is 13.3 Å². The molecule has 5 nitrogen and oxygen atoms in total. The Hall–Kier alpha value is -1.86. The molecule has 3 N–H and O–H groups in total. The minimum Gasteiger partial charge on any atom is -0.370 e. The fraction of sp³-hybridized carbons (Fsp3) is 0.500. The number of alkyl halides is 3. The van der Waals surface area contributed by atoms with Crippen molar-refractivity contribution in [1.82, 2.24) is 9.97 Å². The Balaban J connectivity index is 2.81. The van der Waals surface area contributed by atoms with Gasteiger partial charge in [0.05, 0.1) is 0 Å². The second-order valence-corrected chi connectivity index (χ2v) is 3.59. The number of halogens is 3. The molecule has 100 valence electrons. The van der Waals surface area contributed by atoms with E-state index in [1.807, 2.05) is 6.92 Å². The lowest BCUT2D eigenvalue weighted by Crippen LogP contribution is -2.26. The van der Waals surface area contributed by atoms with E-state index in [0.717, 1.165) is 5.56 Å². The maximum atomic E-state index is 11.9. The predicted octanol–water partition coefficient (Wildman–Crippen LogP) is 1.64. The molecule has 0 unspecified atom stereocenters. The van der Waals surface area contributed by atoms with E-state index in [1.165, 1.54) is 0 Å². The highest BCUT2D eigenvalue weighted by atomic mass is 19.4. The molecule has 0 aromatic carbocycles. The molecule has 0 spiro atoms. The SMILES string of the molecule is CCc1cnc(C)nc1NC(N)=NCC(F)(F)F. The zero-order valence-corrected chi connectivity index (χ0v) is 10.0. The van der Waals surface area contributed by atoms with Gasteiger partial charge in [0.25, 0.3) is 0 Å². The van der Waals surface area contributed by atoms with Gasteiger partial charge in [0.1, 0.15) is 18.2 Å². The van der Waals surface area contributed by atoms with Crippen molar-refractivity contribution in [2.45, 2.75) is 26.4 Å². The molecule has 18 heavy (non-hydrogen) atoms. The zero-order valence-electron chi connectivity index (χ0n) is 10.0. The fourth-order valence-corrected chi connectivity index (χ4v) is 1.20. The molecule has 0 atom stereocenters. The Morgan fingerprint density at radius 3 is 2.72 bits per heavy atom. The molecular formula is C10H14F3N5. The molecule has 1 heterocycles. The molecular weight excluding hydrogens is 247 g/mol. The number of nitrogens with two attached hydrogens (primary N) is 1. The monoisotopic (exact) mass is 261 g/mol. The van der Waals surface area contributed by atoms with E-state index in [0.29, 0.717) is 18.1 Å². The molecule has 8 heteroatoms. The van der Waals surface area contributed by atoms with Crippen molar-refractivity contribution >= 4 is 11.8 Å². The lowest BCUT2D eigenvalue weighted by Gasteiger charge is -2.10. The van der Waals surface area contributed by atoms with Crippen molar-refractivity contribution < 1.29 is 13.2 Å². The van der Waals surface area contributed by atoms with Crippen LogP contribution >= 0.6 is 0 Å². The van der Waals surface area contributed by atoms with Crippen molar-refractivity contribution in [3.63, 3.8) is 0 Å². The summed E-state index contributed by atoms with van der Waals surface area (Å²) in [6, 6.07) is 0. The van der Waals surface area contributed by atoms with Crippen molar-refractivity contribution in [3.05, 3.63) is 17.6 Å². The first kappa shape index (κ1) is 14.2. The smallest absolute Gasteiger partial charge is 0.370 e. The Morgan fingerprint density at radius 1 is 1.50 bits per heavy atom. The molecule has 1 aromatic heterocycles. The third kappa shape index (κ3) is 4.56. The molecule has 0 amide bonds. The Kier molecular flexibility index (Phi) is 4.46. The summed E-state index contributed by atoms with van der Waals surface area (Å²) in [6.07, 6.45) is -2.14. The molecule has 0 saturated carbocycles. The first-order chi connectivity index (χ1) is 8.31. The molecule has 1 rings (SSSR count). The quantitative estimate of drug-likeness (QED) is 0.640. The lowest BCUT2D eigenvalue weighted by atomic mass is 10.2. The Bertz CT molecular complexity index is 442. The van der Waals surface area contributed by atoms with Gasteiger partial charge in [-0.25, -0.2) is 15.0 Å². The van der Waals surface area contributed by atoms with Gasteiger partial charge in [0.15, 0.2) is 5.96 Å². The van der Waals surface area contributed by atoms with Crippen LogP contribution in [-0.2, 0) is 6.42 Å². The van der Waals surface area contributed by atoms with Gasteiger partial charge in [-0.2, -0.15) is 13.2 Å². The maximum Gasteiger partial charge on any atom is 0.408 e. The minimum atomic E-state index is -4.37. The summed E-state index contributed by atoms with van der Waals surface area (Å²) >= 11 is 0. The van der Waals surface area contributed by atoms with Crippen LogP contribution in [0.5, 0.6) is 0 Å². The van der Waals surface area contributed by atoms with E-state index in [9.17, 15) is 13.2 Å². The van der Waals surface area contributed by atoms with Gasteiger partial charge in [0, 0.05) is 11.8 Å². The Labute approximate surface area is 102 Å². The normalized spacial score (nSPS) is 12.6. The number of rotatable bonds is 3. The molecule has 0 bridgehead atoms. The summed E-state index contributed by atoms with van der Waals surface area (Å²) < 4.78 is 35.8. The number of guanidine groups is 1. The second kappa shape index (κ2) is 5.65. The summed E-state index contributed by atoms with van der Waals surface area (Å²) in [6.45, 7) is 2.23. The summed E-state index contributed by atoms with van der Waals surface area (Å²) in [7, 11) is 0. The first-order valence-electron chi connectivity index (χ1n) is 5.28. The highest BCUT2D eigenvalue weighted by Gasteiger charge is 2.26. The van der Waals surface area contributed by atoms with Crippen LogP contribution in [0.4, 0.5) is 19.0 Å². The molecule has 0 fully saturated rings. The lowest BCUT2D eigenvalue weighted by molar-refractivity contribution is -0.118. The standard InChI is InChI=1S/C10H14F3N5/c1-3-7-4-15-6(2)17-8(7)18-9(14)16-5-10(11,12)13/h4H,3,5H2,1-2H3,(H3,14,15,16,17,18). The zero-order chi connectivity index (χ0) is 13.8. The number of nitrogens with zero attached hydrogens (tertiary/aromatic N) is 3. The van der Waals surface area contributed by atoms with E-state index in [2.05, 4.69) is 20.3 Å². The number of hydrogen-bond donors (Lipinski definition) is 2. The average Bonchev–Trinajstić information content (AvgIpc) is 2.26. The van der Waals surface area contributed by atoms with Crippen molar-refractivity contribution in [1.29, 1.82) is 0 Å².